The van der Waals surface area contributed by atoms with Gasteiger partial charge in [-0.2, -0.15) is 0 Å². The number of esters is 1. The van der Waals surface area contributed by atoms with Crippen LogP contribution in [0.5, 0.6) is 0 Å². The Morgan fingerprint density at radius 2 is 2.14 bits per heavy atom. The molecule has 0 aromatic heterocycles. The van der Waals surface area contributed by atoms with Gasteiger partial charge in [0.1, 0.15) is 22.8 Å². The third-order valence-electron chi connectivity index (χ3n) is 5.50. The highest BCUT2D eigenvalue weighted by atomic mass is 32.2. The lowest BCUT2D eigenvalue weighted by Crippen LogP contribution is -2.73. The Balaban J connectivity index is 1.77. The summed E-state index contributed by atoms with van der Waals surface area (Å²) in [6.07, 6.45) is 2.31. The highest BCUT2D eigenvalue weighted by Crippen LogP contribution is 2.61. The second kappa shape index (κ2) is 8.18. The van der Waals surface area contributed by atoms with Gasteiger partial charge in [-0.05, 0) is 37.0 Å². The van der Waals surface area contributed by atoms with Gasteiger partial charge in [0.2, 0.25) is 0 Å². The summed E-state index contributed by atoms with van der Waals surface area (Å²) in [4.78, 5) is 23.9. The van der Waals surface area contributed by atoms with Crippen molar-refractivity contribution in [3.8, 4) is 0 Å². The molecule has 1 N–H and O–H groups in total. The number of ether oxygens (including phenoxy) is 2. The van der Waals surface area contributed by atoms with Gasteiger partial charge in [0.05, 0.1) is 6.61 Å². The number of hydrogen-bond donors (Lipinski definition) is 1. The smallest absolute Gasteiger partial charge is 0.302 e. The molecule has 2 saturated heterocycles. The van der Waals surface area contributed by atoms with Gasteiger partial charge < -0.3 is 19.7 Å². The van der Waals surface area contributed by atoms with E-state index in [1.165, 1.54) is 13.3 Å². The number of nitrogens with zero attached hydrogens (tertiary/aromatic N) is 3. The molecule has 2 spiro atoms. The van der Waals surface area contributed by atoms with E-state index < -0.39 is 5.66 Å². The average Bonchev–Trinajstić information content (AvgIpc) is 3.20. The molecule has 4 aliphatic rings. The molecule has 0 aromatic carbocycles. The number of aliphatic imine (C=N–C) groups is 2. The first-order valence-electron chi connectivity index (χ1n) is 9.94. The first-order chi connectivity index (χ1) is 13.6. The van der Waals surface area contributed by atoms with Crippen molar-refractivity contribution < 1.29 is 14.3 Å². The minimum atomic E-state index is -0.392. The summed E-state index contributed by atoms with van der Waals surface area (Å²) in [5.74, 6) is 2.98. The fourth-order valence-electron chi connectivity index (χ4n) is 4.49. The van der Waals surface area contributed by atoms with Gasteiger partial charge in [-0.1, -0.05) is 18.7 Å². The molecule has 0 aromatic rings. The maximum absolute atomic E-state index is 11.5. The number of carbonyl (C=O) groups excluding carboxylic acids is 1. The highest BCUT2D eigenvalue weighted by molar-refractivity contribution is 8.19. The lowest BCUT2D eigenvalue weighted by molar-refractivity contribution is -0.141. The Labute approximate surface area is 179 Å². The normalized spacial score (nSPS) is 32.9. The van der Waals surface area contributed by atoms with Crippen molar-refractivity contribution >= 4 is 52.4 Å². The lowest BCUT2D eigenvalue weighted by Gasteiger charge is -2.53. The molecule has 0 radical (unpaired) electrons. The van der Waals surface area contributed by atoms with Crippen molar-refractivity contribution in [1.29, 1.82) is 0 Å². The van der Waals surface area contributed by atoms with E-state index in [9.17, 15) is 4.79 Å². The van der Waals surface area contributed by atoms with E-state index >= 15 is 0 Å². The second-order valence-corrected chi connectivity index (χ2v) is 11.4. The van der Waals surface area contributed by atoms with Gasteiger partial charge in [0, 0.05) is 13.5 Å². The van der Waals surface area contributed by atoms with E-state index in [0.717, 1.165) is 35.4 Å². The molecule has 4 heterocycles. The van der Waals surface area contributed by atoms with E-state index in [0.29, 0.717) is 12.6 Å². The van der Waals surface area contributed by atoms with Gasteiger partial charge in [0.15, 0.2) is 10.8 Å². The molecule has 0 saturated carbocycles. The summed E-state index contributed by atoms with van der Waals surface area (Å²) in [6.45, 7) is 7.33. The summed E-state index contributed by atoms with van der Waals surface area (Å²) < 4.78 is 11.2. The first kappa shape index (κ1) is 20.5. The molecule has 2 fully saturated rings. The Bertz CT molecular complexity index is 683. The standard InChI is InChI=1S/C18H28N4O3S3/c1-4-24-15-20-14-13(11-25-12(3)23)19-16(26-5-2)22-8-7-17(18(14,22)21-15)27-9-6-10-28-17/h13-14H,4-11H2,1-3H3,(H,20,21). The van der Waals surface area contributed by atoms with Crippen LogP contribution in [-0.2, 0) is 14.3 Å². The molecule has 3 atom stereocenters. The molecule has 3 unspecified atom stereocenters. The SMILES string of the molecule is CCOC1=NC2C(COC(C)=O)N=C(SCC)N3CCC4(SCCCS4)C23N1. The molecule has 4 aliphatic heterocycles. The fraction of sp³-hybridized carbons (Fsp3) is 0.833. The van der Waals surface area contributed by atoms with Crippen LogP contribution in [0.2, 0.25) is 0 Å². The van der Waals surface area contributed by atoms with E-state index in [-0.39, 0.29) is 28.7 Å². The highest BCUT2D eigenvalue weighted by Gasteiger charge is 2.71. The van der Waals surface area contributed by atoms with Gasteiger partial charge in [0.25, 0.3) is 6.02 Å². The van der Waals surface area contributed by atoms with Gasteiger partial charge in [-0.25, -0.2) is 4.99 Å². The van der Waals surface area contributed by atoms with Crippen LogP contribution in [0.1, 0.15) is 33.6 Å². The van der Waals surface area contributed by atoms with Crippen molar-refractivity contribution in [2.45, 2.75) is 55.4 Å². The number of carbonyl (C=O) groups is 1. The molecule has 156 valence electrons. The van der Waals surface area contributed by atoms with E-state index in [4.69, 9.17) is 19.5 Å². The molecule has 0 aliphatic carbocycles. The summed E-state index contributed by atoms with van der Waals surface area (Å²) >= 11 is 5.86. The van der Waals surface area contributed by atoms with Crippen molar-refractivity contribution in [2.24, 2.45) is 9.98 Å². The monoisotopic (exact) mass is 444 g/mol. The zero-order valence-corrected chi connectivity index (χ0v) is 19.1. The minimum Gasteiger partial charge on any atom is -0.466 e. The van der Waals surface area contributed by atoms with Crippen molar-refractivity contribution in [3.05, 3.63) is 0 Å². The van der Waals surface area contributed by atoms with Crippen LogP contribution in [0.3, 0.4) is 0 Å². The van der Waals surface area contributed by atoms with E-state index in [1.54, 1.807) is 11.8 Å². The summed E-state index contributed by atoms with van der Waals surface area (Å²) in [5.41, 5.74) is -0.392. The zero-order valence-electron chi connectivity index (χ0n) is 16.6. The van der Waals surface area contributed by atoms with Crippen LogP contribution in [0.15, 0.2) is 9.98 Å². The topological polar surface area (TPSA) is 75.5 Å². The molecule has 4 rings (SSSR count). The van der Waals surface area contributed by atoms with Crippen LogP contribution in [0, 0.1) is 0 Å². The average molecular weight is 445 g/mol. The predicted octanol–water partition coefficient (Wildman–Crippen LogP) is 2.37. The molecule has 0 amide bonds. The van der Waals surface area contributed by atoms with Crippen LogP contribution < -0.4 is 5.32 Å². The number of rotatable bonds is 4. The molecule has 0 bridgehead atoms. The largest absolute Gasteiger partial charge is 0.466 e. The fourth-order valence-corrected chi connectivity index (χ4v) is 9.07. The number of thioether (sulfide) groups is 3. The summed E-state index contributed by atoms with van der Waals surface area (Å²) in [6, 6.07) is 0.240. The Hall–Kier alpha value is -0.740. The van der Waals surface area contributed by atoms with Crippen LogP contribution in [-0.4, -0.2) is 80.9 Å². The first-order valence-corrected chi connectivity index (χ1v) is 12.9. The molecule has 10 heteroatoms. The van der Waals surface area contributed by atoms with Gasteiger partial charge >= 0.3 is 5.97 Å². The van der Waals surface area contributed by atoms with Crippen molar-refractivity contribution in [3.63, 3.8) is 0 Å². The predicted molar refractivity (Wildman–Crippen MR) is 118 cm³/mol. The third-order valence-corrected chi connectivity index (χ3v) is 10.0. The lowest BCUT2D eigenvalue weighted by atomic mass is 9.90. The maximum Gasteiger partial charge on any atom is 0.302 e. The Kier molecular flexibility index (Phi) is 6.00. The molecule has 28 heavy (non-hydrogen) atoms. The maximum atomic E-state index is 11.5. The number of hydrogen-bond acceptors (Lipinski definition) is 10. The molecular weight excluding hydrogens is 416 g/mol. The van der Waals surface area contributed by atoms with Crippen LogP contribution in [0.25, 0.3) is 0 Å². The summed E-state index contributed by atoms with van der Waals surface area (Å²) in [7, 11) is 0. The quantitative estimate of drug-likeness (QED) is 0.663. The zero-order chi connectivity index (χ0) is 19.8. The molecule has 7 nitrogen and oxygen atoms in total. The Morgan fingerprint density at radius 1 is 1.36 bits per heavy atom. The van der Waals surface area contributed by atoms with Crippen LogP contribution >= 0.6 is 35.3 Å². The van der Waals surface area contributed by atoms with E-state index in [1.807, 2.05) is 6.92 Å². The number of nitrogens with one attached hydrogen (secondary N) is 1. The minimum absolute atomic E-state index is 0.0117. The Morgan fingerprint density at radius 3 is 2.82 bits per heavy atom. The molecular formula is C18H28N4O3S3. The van der Waals surface area contributed by atoms with Crippen molar-refractivity contribution in [2.75, 3.05) is 37.0 Å². The second-order valence-electron chi connectivity index (χ2n) is 7.12. The number of amidine groups is 2. The third kappa shape index (κ3) is 3.19. The van der Waals surface area contributed by atoms with Crippen LogP contribution in [0.4, 0.5) is 0 Å². The van der Waals surface area contributed by atoms with Gasteiger partial charge in [-0.3, -0.25) is 9.79 Å². The van der Waals surface area contributed by atoms with Gasteiger partial charge in [-0.15, -0.1) is 23.5 Å². The summed E-state index contributed by atoms with van der Waals surface area (Å²) in [5, 5.41) is 4.74. The van der Waals surface area contributed by atoms with E-state index in [2.05, 4.69) is 40.7 Å². The van der Waals surface area contributed by atoms with Crippen molar-refractivity contribution in [1.82, 2.24) is 10.2 Å².